The third-order valence-corrected chi connectivity index (χ3v) is 6.35. The molecule has 5 aromatic rings. The van der Waals surface area contributed by atoms with Crippen LogP contribution in [0.2, 0.25) is 0 Å². The number of nitrogens with zero attached hydrogens (tertiary/aromatic N) is 5. The number of halogens is 1. The molecule has 0 aliphatic carbocycles. The van der Waals surface area contributed by atoms with Crippen molar-refractivity contribution in [2.24, 2.45) is 13.0 Å². The van der Waals surface area contributed by atoms with E-state index >= 15 is 4.39 Å². The van der Waals surface area contributed by atoms with Gasteiger partial charge in [0.2, 0.25) is 0 Å². The Balaban J connectivity index is 0.00000137. The van der Waals surface area contributed by atoms with Crippen LogP contribution >= 0.6 is 0 Å². The van der Waals surface area contributed by atoms with Gasteiger partial charge in [-0.25, -0.2) is 14.4 Å². The van der Waals surface area contributed by atoms with E-state index in [9.17, 15) is 0 Å². The fourth-order valence-electron chi connectivity index (χ4n) is 4.24. The zero-order valence-electron chi connectivity index (χ0n) is 21.3. The van der Waals surface area contributed by atoms with E-state index in [4.69, 9.17) is 9.47 Å². The molecule has 9 heteroatoms. The third kappa shape index (κ3) is 4.82. The first kappa shape index (κ1) is 24.6. The average molecular weight is 501 g/mol. The van der Waals surface area contributed by atoms with Crippen molar-refractivity contribution in [3.05, 3.63) is 67.1 Å². The van der Waals surface area contributed by atoms with Gasteiger partial charge in [-0.15, -0.1) is 0 Å². The van der Waals surface area contributed by atoms with Gasteiger partial charge in [-0.3, -0.25) is 9.67 Å². The molecule has 0 saturated carbocycles. The van der Waals surface area contributed by atoms with Gasteiger partial charge in [0.05, 0.1) is 41.5 Å². The molecule has 0 amide bonds. The van der Waals surface area contributed by atoms with Crippen molar-refractivity contribution >= 4 is 33.3 Å². The Morgan fingerprint density at radius 1 is 1.08 bits per heavy atom. The molecule has 0 radical (unpaired) electrons. The van der Waals surface area contributed by atoms with Gasteiger partial charge in [-0.2, -0.15) is 5.10 Å². The Kier molecular flexibility index (Phi) is 6.96. The predicted molar refractivity (Wildman–Crippen MR) is 142 cm³/mol. The van der Waals surface area contributed by atoms with Gasteiger partial charge in [0.25, 0.3) is 0 Å². The molecule has 190 valence electrons. The number of ether oxygens (including phenoxy) is 2. The fraction of sp³-hybridized carbons (Fsp3) is 0.286. The Labute approximate surface area is 214 Å². The predicted octanol–water partition coefficient (Wildman–Crippen LogP) is 5.90. The number of fused-ring (bicyclic) bond motifs is 2. The smallest absolute Gasteiger partial charge is 0.156 e. The Morgan fingerprint density at radius 3 is 2.65 bits per heavy atom. The van der Waals surface area contributed by atoms with E-state index in [-0.39, 0.29) is 6.10 Å². The summed E-state index contributed by atoms with van der Waals surface area (Å²) < 4.78 is 28.9. The molecule has 0 spiro atoms. The first-order valence-electron chi connectivity index (χ1n) is 12.4. The minimum atomic E-state index is -0.392. The van der Waals surface area contributed by atoms with Gasteiger partial charge < -0.3 is 14.8 Å². The van der Waals surface area contributed by atoms with E-state index in [2.05, 4.69) is 25.4 Å². The Hall–Kier alpha value is -4.11. The van der Waals surface area contributed by atoms with Crippen LogP contribution in [0, 0.1) is 11.7 Å². The number of aryl methyl sites for hydroxylation is 1. The molecule has 1 fully saturated rings. The number of pyridine rings is 1. The van der Waals surface area contributed by atoms with Gasteiger partial charge in [-0.1, -0.05) is 13.8 Å². The van der Waals surface area contributed by atoms with Crippen LogP contribution < -0.4 is 10.1 Å². The summed E-state index contributed by atoms with van der Waals surface area (Å²) >= 11 is 0. The van der Waals surface area contributed by atoms with Crippen molar-refractivity contribution < 1.29 is 13.9 Å². The van der Waals surface area contributed by atoms with Crippen LogP contribution in [-0.2, 0) is 11.8 Å². The van der Waals surface area contributed by atoms with Crippen molar-refractivity contribution in [2.45, 2.75) is 26.9 Å². The maximum absolute atomic E-state index is 15.3. The second kappa shape index (κ2) is 10.5. The lowest BCUT2D eigenvalue weighted by Gasteiger charge is -2.32. The highest BCUT2D eigenvalue weighted by atomic mass is 19.1. The van der Waals surface area contributed by atoms with Gasteiger partial charge in [0.15, 0.2) is 5.82 Å². The Bertz CT molecular complexity index is 1550. The summed E-state index contributed by atoms with van der Waals surface area (Å²) in [5.41, 5.74) is 3.43. The second-order valence-corrected chi connectivity index (χ2v) is 8.74. The van der Waals surface area contributed by atoms with Crippen LogP contribution in [0.4, 0.5) is 15.9 Å². The summed E-state index contributed by atoms with van der Waals surface area (Å²) in [4.78, 5) is 13.2. The van der Waals surface area contributed by atoms with Crippen LogP contribution in [0.5, 0.6) is 5.75 Å². The van der Waals surface area contributed by atoms with Crippen molar-refractivity contribution in [1.82, 2.24) is 24.7 Å². The van der Waals surface area contributed by atoms with Crippen molar-refractivity contribution in [2.75, 3.05) is 18.5 Å². The number of nitrogens with one attached hydrogen (secondary N) is 1. The topological polar surface area (TPSA) is 87.0 Å². The van der Waals surface area contributed by atoms with Crippen molar-refractivity contribution in [3.8, 4) is 16.9 Å². The summed E-state index contributed by atoms with van der Waals surface area (Å²) in [5.74, 6) is 0.990. The van der Waals surface area contributed by atoms with Crippen LogP contribution in [0.15, 0.2) is 61.3 Å². The average Bonchev–Trinajstić information content (AvgIpc) is 3.32. The van der Waals surface area contributed by atoms with Gasteiger partial charge in [0, 0.05) is 36.3 Å². The highest BCUT2D eigenvalue weighted by Gasteiger charge is 2.28. The van der Waals surface area contributed by atoms with E-state index in [0.717, 1.165) is 11.1 Å². The standard InChI is InChI=1S/C26H23FN6O2.C2H6/c1-15(18-12-34-13-18)35-23-9-16(17-10-31-33(2)11-17)8-22-24(23)26(30-14-29-22)32-21-6-5-20-19(25(21)27)4-3-7-28-20;1-2/h3-11,14-15,18H,12-13H2,1-2H3,(H,29,30,32);1-2H3. The molecule has 1 unspecified atom stereocenters. The van der Waals surface area contributed by atoms with Crippen LogP contribution in [0.1, 0.15) is 20.8 Å². The zero-order chi connectivity index (χ0) is 25.9. The third-order valence-electron chi connectivity index (χ3n) is 6.35. The highest BCUT2D eigenvalue weighted by Crippen LogP contribution is 2.38. The normalized spacial score (nSPS) is 14.1. The summed E-state index contributed by atoms with van der Waals surface area (Å²) in [6.07, 6.45) is 6.77. The molecular weight excluding hydrogens is 471 g/mol. The SMILES string of the molecule is CC.CC(Oc1cc(-c2cnn(C)c2)cc2ncnc(Nc3ccc4ncccc4c3F)c12)C1COC1. The van der Waals surface area contributed by atoms with Crippen LogP contribution in [0.3, 0.4) is 0 Å². The highest BCUT2D eigenvalue weighted by molar-refractivity contribution is 5.99. The lowest BCUT2D eigenvalue weighted by atomic mass is 10.0. The lowest BCUT2D eigenvalue weighted by molar-refractivity contribution is -0.0773. The Morgan fingerprint density at radius 2 is 1.92 bits per heavy atom. The van der Waals surface area contributed by atoms with Crippen molar-refractivity contribution in [1.29, 1.82) is 0 Å². The number of rotatable bonds is 6. The molecule has 1 N–H and O–H groups in total. The maximum atomic E-state index is 15.3. The second-order valence-electron chi connectivity index (χ2n) is 8.74. The van der Waals surface area contributed by atoms with Crippen LogP contribution in [0.25, 0.3) is 32.9 Å². The molecule has 8 nitrogen and oxygen atoms in total. The quantitative estimate of drug-likeness (QED) is 0.311. The molecule has 1 aliphatic heterocycles. The summed E-state index contributed by atoms with van der Waals surface area (Å²) in [6.45, 7) is 7.36. The lowest BCUT2D eigenvalue weighted by Crippen LogP contribution is -2.39. The molecule has 6 rings (SSSR count). The first-order chi connectivity index (χ1) is 18.1. The van der Waals surface area contributed by atoms with Crippen LogP contribution in [-0.4, -0.2) is 44.1 Å². The molecule has 4 heterocycles. The molecule has 1 atom stereocenters. The molecular formula is C28H29FN6O2. The number of benzene rings is 2. The monoisotopic (exact) mass is 500 g/mol. The zero-order valence-corrected chi connectivity index (χ0v) is 21.3. The van der Waals surface area contributed by atoms with Crippen molar-refractivity contribution in [3.63, 3.8) is 0 Å². The summed E-state index contributed by atoms with van der Waals surface area (Å²) in [7, 11) is 1.87. The number of hydrogen-bond acceptors (Lipinski definition) is 7. The molecule has 3 aromatic heterocycles. The van der Waals surface area contributed by atoms with Gasteiger partial charge >= 0.3 is 0 Å². The fourth-order valence-corrected chi connectivity index (χ4v) is 4.24. The molecule has 2 aromatic carbocycles. The number of aromatic nitrogens is 5. The maximum Gasteiger partial charge on any atom is 0.156 e. The summed E-state index contributed by atoms with van der Waals surface area (Å²) in [6, 6.07) is 10.8. The minimum Gasteiger partial charge on any atom is -0.489 e. The molecule has 1 saturated heterocycles. The van der Waals surface area contributed by atoms with E-state index in [1.807, 2.05) is 46.1 Å². The van der Waals surface area contributed by atoms with E-state index in [1.165, 1.54) is 6.33 Å². The number of anilines is 2. The molecule has 0 bridgehead atoms. The molecule has 37 heavy (non-hydrogen) atoms. The first-order valence-corrected chi connectivity index (χ1v) is 12.4. The number of hydrogen-bond donors (Lipinski definition) is 1. The largest absolute Gasteiger partial charge is 0.489 e. The van der Waals surface area contributed by atoms with Gasteiger partial charge in [0.1, 0.15) is 24.0 Å². The van der Waals surface area contributed by atoms with E-state index in [1.54, 1.807) is 41.3 Å². The van der Waals surface area contributed by atoms with E-state index < -0.39 is 5.82 Å². The van der Waals surface area contributed by atoms with E-state index in [0.29, 0.717) is 58.2 Å². The van der Waals surface area contributed by atoms with Gasteiger partial charge in [-0.05, 0) is 48.9 Å². The molecule has 1 aliphatic rings. The summed E-state index contributed by atoms with van der Waals surface area (Å²) in [5, 5.41) is 8.57. The minimum absolute atomic E-state index is 0.0763.